The highest BCUT2D eigenvalue weighted by molar-refractivity contribution is 5.75. The highest BCUT2D eigenvalue weighted by Gasteiger charge is 1.98. The fraction of sp³-hybridized carbons (Fsp3) is 0.300. The molecule has 0 bridgehead atoms. The molecule has 2 N–H and O–H groups in total. The number of benzene rings is 1. The SMILES string of the molecule is CC(=N)NCc1ccc(C)c(F)c1. The van der Waals surface area contributed by atoms with E-state index in [1.54, 1.807) is 19.9 Å². The average Bonchev–Trinajstić information content (AvgIpc) is 2.07. The Morgan fingerprint density at radius 1 is 1.54 bits per heavy atom. The Labute approximate surface area is 77.3 Å². The monoisotopic (exact) mass is 180 g/mol. The van der Waals surface area contributed by atoms with E-state index in [4.69, 9.17) is 5.41 Å². The average molecular weight is 180 g/mol. The minimum Gasteiger partial charge on any atom is -0.370 e. The Morgan fingerprint density at radius 3 is 2.77 bits per heavy atom. The third-order valence-corrected chi connectivity index (χ3v) is 1.79. The summed E-state index contributed by atoms with van der Waals surface area (Å²) in [4.78, 5) is 0. The summed E-state index contributed by atoms with van der Waals surface area (Å²) in [7, 11) is 0. The molecule has 0 aliphatic carbocycles. The molecule has 0 aromatic heterocycles. The number of aryl methyl sites for hydroxylation is 1. The molecule has 0 atom stereocenters. The van der Waals surface area contributed by atoms with Crippen LogP contribution < -0.4 is 5.32 Å². The molecule has 1 aromatic carbocycles. The lowest BCUT2D eigenvalue weighted by Gasteiger charge is -2.04. The van der Waals surface area contributed by atoms with E-state index >= 15 is 0 Å². The van der Waals surface area contributed by atoms with Gasteiger partial charge in [0.2, 0.25) is 0 Å². The molecule has 0 aliphatic rings. The van der Waals surface area contributed by atoms with Gasteiger partial charge in [-0.05, 0) is 31.0 Å². The summed E-state index contributed by atoms with van der Waals surface area (Å²) < 4.78 is 13.0. The molecule has 0 aliphatic heterocycles. The number of amidine groups is 1. The van der Waals surface area contributed by atoms with Crippen LogP contribution in [0.5, 0.6) is 0 Å². The first kappa shape index (κ1) is 9.71. The number of nitrogens with one attached hydrogen (secondary N) is 2. The van der Waals surface area contributed by atoms with E-state index in [1.807, 2.05) is 6.07 Å². The summed E-state index contributed by atoms with van der Waals surface area (Å²) in [5, 5.41) is 9.96. The Kier molecular flexibility index (Phi) is 3.01. The van der Waals surface area contributed by atoms with Crippen molar-refractivity contribution in [3.63, 3.8) is 0 Å². The molecular weight excluding hydrogens is 167 g/mol. The molecule has 1 aromatic rings. The number of hydrogen-bond donors (Lipinski definition) is 2. The van der Waals surface area contributed by atoms with Crippen LogP contribution in [0.2, 0.25) is 0 Å². The van der Waals surface area contributed by atoms with Crippen LogP contribution in [0.3, 0.4) is 0 Å². The van der Waals surface area contributed by atoms with Crippen molar-refractivity contribution in [2.45, 2.75) is 20.4 Å². The van der Waals surface area contributed by atoms with Crippen molar-refractivity contribution in [1.29, 1.82) is 5.41 Å². The Bertz CT molecular complexity index is 321. The lowest BCUT2D eigenvalue weighted by Crippen LogP contribution is -2.18. The largest absolute Gasteiger partial charge is 0.370 e. The molecule has 70 valence electrons. The highest BCUT2D eigenvalue weighted by atomic mass is 19.1. The lowest BCUT2D eigenvalue weighted by atomic mass is 10.1. The fourth-order valence-corrected chi connectivity index (χ4v) is 0.981. The first-order valence-corrected chi connectivity index (χ1v) is 4.13. The van der Waals surface area contributed by atoms with Gasteiger partial charge in [-0.15, -0.1) is 0 Å². The van der Waals surface area contributed by atoms with E-state index in [-0.39, 0.29) is 5.82 Å². The van der Waals surface area contributed by atoms with Gasteiger partial charge in [-0.2, -0.15) is 0 Å². The maximum Gasteiger partial charge on any atom is 0.126 e. The van der Waals surface area contributed by atoms with E-state index in [0.717, 1.165) is 5.56 Å². The Hall–Kier alpha value is -1.38. The fourth-order valence-electron chi connectivity index (χ4n) is 0.981. The summed E-state index contributed by atoms with van der Waals surface area (Å²) in [5.74, 6) is 0.197. The molecule has 0 fully saturated rings. The molecule has 0 saturated heterocycles. The summed E-state index contributed by atoms with van der Waals surface area (Å²) in [6, 6.07) is 5.09. The highest BCUT2D eigenvalue weighted by Crippen LogP contribution is 2.08. The zero-order valence-corrected chi connectivity index (χ0v) is 7.82. The van der Waals surface area contributed by atoms with Gasteiger partial charge in [0.1, 0.15) is 5.82 Å². The Balaban J connectivity index is 2.68. The molecule has 3 heteroatoms. The number of hydrogen-bond acceptors (Lipinski definition) is 1. The van der Waals surface area contributed by atoms with Crippen LogP contribution in [-0.4, -0.2) is 5.84 Å². The molecule has 1 rings (SSSR count). The van der Waals surface area contributed by atoms with Gasteiger partial charge < -0.3 is 5.32 Å². The normalized spacial score (nSPS) is 9.77. The van der Waals surface area contributed by atoms with E-state index in [0.29, 0.717) is 17.9 Å². The first-order valence-electron chi connectivity index (χ1n) is 4.13. The van der Waals surface area contributed by atoms with Gasteiger partial charge in [-0.1, -0.05) is 12.1 Å². The molecular formula is C10H13FN2. The zero-order valence-electron chi connectivity index (χ0n) is 7.82. The second-order valence-electron chi connectivity index (χ2n) is 3.06. The maximum absolute atomic E-state index is 13.0. The van der Waals surface area contributed by atoms with Gasteiger partial charge >= 0.3 is 0 Å². The lowest BCUT2D eigenvalue weighted by molar-refractivity contribution is 0.615. The molecule has 0 unspecified atom stereocenters. The minimum absolute atomic E-state index is 0.193. The van der Waals surface area contributed by atoms with Crippen LogP contribution in [0.15, 0.2) is 18.2 Å². The van der Waals surface area contributed by atoms with Crippen molar-refractivity contribution >= 4 is 5.84 Å². The van der Waals surface area contributed by atoms with Crippen molar-refractivity contribution in [3.05, 3.63) is 35.1 Å². The second-order valence-corrected chi connectivity index (χ2v) is 3.06. The van der Waals surface area contributed by atoms with Crippen molar-refractivity contribution in [1.82, 2.24) is 5.32 Å². The van der Waals surface area contributed by atoms with Crippen LogP contribution in [0.25, 0.3) is 0 Å². The van der Waals surface area contributed by atoms with Crippen molar-refractivity contribution in [2.75, 3.05) is 0 Å². The van der Waals surface area contributed by atoms with E-state index in [1.165, 1.54) is 6.07 Å². The summed E-state index contributed by atoms with van der Waals surface area (Å²) in [6.45, 7) is 3.89. The second kappa shape index (κ2) is 4.03. The van der Waals surface area contributed by atoms with Crippen LogP contribution >= 0.6 is 0 Å². The third kappa shape index (κ3) is 2.86. The summed E-state index contributed by atoms with van der Waals surface area (Å²) >= 11 is 0. The standard InChI is InChI=1S/C10H13FN2/c1-7-3-4-9(5-10(7)11)6-13-8(2)12/h3-5H,6H2,1-2H3,(H2,12,13). The molecule has 0 spiro atoms. The van der Waals surface area contributed by atoms with Gasteiger partial charge in [0.15, 0.2) is 0 Å². The van der Waals surface area contributed by atoms with Crippen molar-refractivity contribution in [3.8, 4) is 0 Å². The smallest absolute Gasteiger partial charge is 0.126 e. The quantitative estimate of drug-likeness (QED) is 0.531. The predicted octanol–water partition coefficient (Wildman–Crippen LogP) is 2.22. The van der Waals surface area contributed by atoms with Crippen molar-refractivity contribution < 1.29 is 4.39 Å². The van der Waals surface area contributed by atoms with Crippen LogP contribution in [0.1, 0.15) is 18.1 Å². The van der Waals surface area contributed by atoms with Gasteiger partial charge in [0.05, 0.1) is 5.84 Å². The van der Waals surface area contributed by atoms with E-state index in [9.17, 15) is 4.39 Å². The van der Waals surface area contributed by atoms with E-state index < -0.39 is 0 Å². The van der Waals surface area contributed by atoms with Gasteiger partial charge in [0.25, 0.3) is 0 Å². The topological polar surface area (TPSA) is 35.9 Å². The van der Waals surface area contributed by atoms with Gasteiger partial charge in [-0.25, -0.2) is 4.39 Å². The Morgan fingerprint density at radius 2 is 2.23 bits per heavy atom. The van der Waals surface area contributed by atoms with Crippen LogP contribution in [0, 0.1) is 18.2 Å². The number of halogens is 1. The minimum atomic E-state index is -0.193. The zero-order chi connectivity index (χ0) is 9.84. The van der Waals surface area contributed by atoms with Crippen LogP contribution in [-0.2, 0) is 6.54 Å². The summed E-state index contributed by atoms with van der Waals surface area (Å²) in [5.41, 5.74) is 1.50. The molecule has 2 nitrogen and oxygen atoms in total. The van der Waals surface area contributed by atoms with Crippen LogP contribution in [0.4, 0.5) is 4.39 Å². The number of rotatable bonds is 2. The van der Waals surface area contributed by atoms with Gasteiger partial charge in [-0.3, -0.25) is 5.41 Å². The van der Waals surface area contributed by atoms with E-state index in [2.05, 4.69) is 5.32 Å². The van der Waals surface area contributed by atoms with Gasteiger partial charge in [0, 0.05) is 6.54 Å². The molecule has 13 heavy (non-hydrogen) atoms. The third-order valence-electron chi connectivity index (χ3n) is 1.79. The van der Waals surface area contributed by atoms with Crippen molar-refractivity contribution in [2.24, 2.45) is 0 Å². The molecule has 0 amide bonds. The molecule has 0 radical (unpaired) electrons. The summed E-state index contributed by atoms with van der Waals surface area (Å²) in [6.07, 6.45) is 0. The first-order chi connectivity index (χ1) is 6.09. The predicted molar refractivity (Wildman–Crippen MR) is 51.4 cm³/mol. The molecule has 0 heterocycles. The maximum atomic E-state index is 13.0. The molecule has 0 saturated carbocycles.